The minimum Gasteiger partial charge on any atom is -0.367 e. The summed E-state index contributed by atoms with van der Waals surface area (Å²) in [5.41, 5.74) is 7.61. The van der Waals surface area contributed by atoms with Crippen LogP contribution in [0.5, 0.6) is 0 Å². The lowest BCUT2D eigenvalue weighted by atomic mass is 10.1. The number of nitrogens with one attached hydrogen (secondary N) is 1. The molecule has 3 rings (SSSR count). The third-order valence-corrected chi connectivity index (χ3v) is 3.27. The molecule has 18 heavy (non-hydrogen) atoms. The van der Waals surface area contributed by atoms with Gasteiger partial charge in [-0.15, -0.1) is 0 Å². The summed E-state index contributed by atoms with van der Waals surface area (Å²) in [6, 6.07) is 10.1. The first-order chi connectivity index (χ1) is 8.83. The van der Waals surface area contributed by atoms with E-state index in [1.165, 1.54) is 11.5 Å². The van der Waals surface area contributed by atoms with Gasteiger partial charge < -0.3 is 11.1 Å². The lowest BCUT2D eigenvalue weighted by molar-refractivity contribution is 1.14. The molecule has 2 heterocycles. The van der Waals surface area contributed by atoms with Gasteiger partial charge in [0.15, 0.2) is 0 Å². The molecule has 0 aliphatic carbocycles. The normalized spacial score (nSPS) is 10.7. The minimum absolute atomic E-state index is 0.304. The van der Waals surface area contributed by atoms with E-state index in [0.29, 0.717) is 12.5 Å². The number of aromatic nitrogens is 3. The molecule has 0 radical (unpaired) electrons. The number of nitrogen functional groups attached to an aromatic ring is 1. The van der Waals surface area contributed by atoms with Gasteiger partial charge in [-0.25, -0.2) is 0 Å². The predicted molar refractivity (Wildman–Crippen MR) is 73.4 cm³/mol. The Morgan fingerprint density at radius 2 is 2.11 bits per heavy atom. The van der Waals surface area contributed by atoms with Gasteiger partial charge in [-0.05, 0) is 11.6 Å². The van der Waals surface area contributed by atoms with E-state index >= 15 is 0 Å². The zero-order valence-electron chi connectivity index (χ0n) is 9.50. The van der Waals surface area contributed by atoms with E-state index < -0.39 is 0 Å². The van der Waals surface area contributed by atoms with Crippen molar-refractivity contribution in [3.8, 4) is 0 Å². The molecule has 6 heteroatoms. The lowest BCUT2D eigenvalue weighted by Crippen LogP contribution is -2.00. The Morgan fingerprint density at radius 1 is 1.22 bits per heavy atom. The first kappa shape index (κ1) is 10.9. The van der Waals surface area contributed by atoms with Crippen LogP contribution >= 0.6 is 11.5 Å². The number of para-hydroxylation sites is 1. The largest absolute Gasteiger partial charge is 0.367 e. The maximum absolute atomic E-state index is 5.47. The highest BCUT2D eigenvalue weighted by Gasteiger charge is 2.03. The third kappa shape index (κ3) is 2.10. The molecule has 0 saturated carbocycles. The number of rotatable bonds is 3. The summed E-state index contributed by atoms with van der Waals surface area (Å²) in [7, 11) is 0. The number of hydrogen-bond acceptors (Lipinski definition) is 6. The van der Waals surface area contributed by atoms with E-state index in [1.807, 2.05) is 18.2 Å². The fourth-order valence-electron chi connectivity index (χ4n) is 1.79. The van der Waals surface area contributed by atoms with Gasteiger partial charge in [-0.3, -0.25) is 4.98 Å². The number of pyridine rings is 1. The molecule has 0 bridgehead atoms. The van der Waals surface area contributed by atoms with Crippen LogP contribution < -0.4 is 11.1 Å². The topological polar surface area (TPSA) is 76.7 Å². The van der Waals surface area contributed by atoms with Crippen LogP contribution in [0.25, 0.3) is 10.9 Å². The summed E-state index contributed by atoms with van der Waals surface area (Å²) in [6.45, 7) is 0.656. The standard InChI is InChI=1S/C12H11N5S/c13-11-16-12(18-17-11)15-7-9-4-1-3-8-5-2-6-14-10(8)9/h1-6H,7H2,(H3,13,15,16,17). The highest BCUT2D eigenvalue weighted by Crippen LogP contribution is 2.18. The van der Waals surface area contributed by atoms with Gasteiger partial charge in [0.1, 0.15) is 0 Å². The van der Waals surface area contributed by atoms with E-state index in [-0.39, 0.29) is 0 Å². The Kier molecular flexibility index (Phi) is 2.77. The number of anilines is 2. The highest BCUT2D eigenvalue weighted by molar-refractivity contribution is 7.09. The summed E-state index contributed by atoms with van der Waals surface area (Å²) in [4.78, 5) is 8.46. The number of nitrogens with zero attached hydrogens (tertiary/aromatic N) is 3. The number of benzene rings is 1. The lowest BCUT2D eigenvalue weighted by Gasteiger charge is -2.05. The Bertz CT molecular complexity index is 674. The fraction of sp³-hybridized carbons (Fsp3) is 0.0833. The Hall–Kier alpha value is -2.21. The van der Waals surface area contributed by atoms with E-state index in [2.05, 4.69) is 31.8 Å². The molecule has 0 aliphatic rings. The molecule has 0 amide bonds. The highest BCUT2D eigenvalue weighted by atomic mass is 32.1. The zero-order valence-corrected chi connectivity index (χ0v) is 10.3. The smallest absolute Gasteiger partial charge is 0.233 e. The predicted octanol–water partition coefficient (Wildman–Crippen LogP) is 2.28. The average Bonchev–Trinajstić information content (AvgIpc) is 2.82. The van der Waals surface area contributed by atoms with E-state index in [0.717, 1.165) is 21.6 Å². The van der Waals surface area contributed by atoms with Gasteiger partial charge in [0, 0.05) is 29.7 Å². The van der Waals surface area contributed by atoms with Gasteiger partial charge in [0.05, 0.1) is 5.52 Å². The molecule has 0 spiro atoms. The molecule has 5 nitrogen and oxygen atoms in total. The van der Waals surface area contributed by atoms with Crippen molar-refractivity contribution in [1.29, 1.82) is 0 Å². The third-order valence-electron chi connectivity index (χ3n) is 2.59. The van der Waals surface area contributed by atoms with Crippen molar-refractivity contribution in [3.63, 3.8) is 0 Å². The number of nitrogens with two attached hydrogens (primary N) is 1. The summed E-state index contributed by atoms with van der Waals surface area (Å²) in [6.07, 6.45) is 1.80. The van der Waals surface area contributed by atoms with Crippen molar-refractivity contribution in [2.45, 2.75) is 6.54 Å². The summed E-state index contributed by atoms with van der Waals surface area (Å²) in [5.74, 6) is 0.304. The molecule has 0 fully saturated rings. The maximum Gasteiger partial charge on any atom is 0.233 e. The Balaban J connectivity index is 1.86. The van der Waals surface area contributed by atoms with E-state index in [4.69, 9.17) is 5.73 Å². The van der Waals surface area contributed by atoms with Crippen LogP contribution in [0.3, 0.4) is 0 Å². The van der Waals surface area contributed by atoms with Crippen molar-refractivity contribution in [2.24, 2.45) is 0 Å². The fourth-order valence-corrected chi connectivity index (χ4v) is 2.28. The van der Waals surface area contributed by atoms with Gasteiger partial charge in [0.2, 0.25) is 11.1 Å². The molecule has 0 saturated heterocycles. The maximum atomic E-state index is 5.47. The second-order valence-electron chi connectivity index (χ2n) is 3.80. The molecule has 0 unspecified atom stereocenters. The van der Waals surface area contributed by atoms with Crippen LogP contribution in [0, 0.1) is 0 Å². The van der Waals surface area contributed by atoms with Crippen molar-refractivity contribution in [3.05, 3.63) is 42.1 Å². The molecule has 0 aliphatic heterocycles. The minimum atomic E-state index is 0.304. The van der Waals surface area contributed by atoms with Crippen LogP contribution in [0.15, 0.2) is 36.5 Å². The van der Waals surface area contributed by atoms with Crippen LogP contribution in [-0.4, -0.2) is 14.3 Å². The molecular formula is C12H11N5S. The molecule has 90 valence electrons. The summed E-state index contributed by atoms with van der Waals surface area (Å²) >= 11 is 1.26. The quantitative estimate of drug-likeness (QED) is 0.752. The SMILES string of the molecule is Nc1nsc(NCc2cccc3cccnc23)n1. The second kappa shape index (κ2) is 4.58. The van der Waals surface area contributed by atoms with E-state index in [1.54, 1.807) is 6.20 Å². The molecule has 0 atom stereocenters. The van der Waals surface area contributed by atoms with Crippen LogP contribution in [0.4, 0.5) is 11.1 Å². The first-order valence-electron chi connectivity index (χ1n) is 5.48. The van der Waals surface area contributed by atoms with Crippen molar-refractivity contribution in [2.75, 3.05) is 11.1 Å². The van der Waals surface area contributed by atoms with Crippen LogP contribution in [0.2, 0.25) is 0 Å². The Labute approximate surface area is 108 Å². The van der Waals surface area contributed by atoms with E-state index in [9.17, 15) is 0 Å². The first-order valence-corrected chi connectivity index (χ1v) is 6.26. The number of fused-ring (bicyclic) bond motifs is 1. The van der Waals surface area contributed by atoms with Gasteiger partial charge in [-0.1, -0.05) is 24.3 Å². The molecule has 3 aromatic rings. The zero-order chi connectivity index (χ0) is 12.4. The average molecular weight is 257 g/mol. The second-order valence-corrected chi connectivity index (χ2v) is 4.56. The number of hydrogen-bond donors (Lipinski definition) is 2. The van der Waals surface area contributed by atoms with Gasteiger partial charge >= 0.3 is 0 Å². The van der Waals surface area contributed by atoms with Crippen LogP contribution in [0.1, 0.15) is 5.56 Å². The van der Waals surface area contributed by atoms with Crippen molar-refractivity contribution in [1.82, 2.24) is 14.3 Å². The molecule has 1 aromatic carbocycles. The van der Waals surface area contributed by atoms with Gasteiger partial charge in [-0.2, -0.15) is 9.36 Å². The summed E-state index contributed by atoms with van der Waals surface area (Å²) < 4.78 is 3.92. The van der Waals surface area contributed by atoms with Crippen molar-refractivity contribution < 1.29 is 0 Å². The van der Waals surface area contributed by atoms with Crippen molar-refractivity contribution >= 4 is 33.5 Å². The monoisotopic (exact) mass is 257 g/mol. The molecule has 3 N–H and O–H groups in total. The Morgan fingerprint density at radius 3 is 2.94 bits per heavy atom. The van der Waals surface area contributed by atoms with Crippen LogP contribution in [-0.2, 0) is 6.54 Å². The molecule has 2 aromatic heterocycles. The summed E-state index contributed by atoms with van der Waals surface area (Å²) in [5, 5.41) is 5.05. The van der Waals surface area contributed by atoms with Gasteiger partial charge in [0.25, 0.3) is 0 Å². The molecular weight excluding hydrogens is 246 g/mol.